The Bertz CT molecular complexity index is 1550. The average Bonchev–Trinajstić information content (AvgIpc) is 3.42. The topological polar surface area (TPSA) is 113 Å². The molecule has 9 nitrogen and oxygen atoms in total. The average molecular weight is 513 g/mol. The van der Waals surface area contributed by atoms with Crippen LogP contribution in [0, 0.1) is 0 Å². The predicted octanol–water partition coefficient (Wildman–Crippen LogP) is 2.32. The molecule has 1 atom stereocenters. The Labute approximate surface area is 207 Å². The number of thiazole rings is 1. The lowest BCUT2D eigenvalue weighted by atomic mass is 10.0. The number of thiophene rings is 1. The largest absolute Gasteiger partial charge is 0.466 e. The maximum atomic E-state index is 13.6. The van der Waals surface area contributed by atoms with E-state index >= 15 is 0 Å². The van der Waals surface area contributed by atoms with Crippen LogP contribution in [-0.2, 0) is 19.1 Å². The summed E-state index contributed by atoms with van der Waals surface area (Å²) in [5, 5.41) is 1.87. The molecule has 3 aromatic rings. The van der Waals surface area contributed by atoms with Crippen LogP contribution in [0.4, 0.5) is 0 Å². The van der Waals surface area contributed by atoms with Crippen LogP contribution in [0.25, 0.3) is 6.08 Å². The number of rotatable bonds is 5. The first-order valence-corrected chi connectivity index (χ1v) is 12.0. The summed E-state index contributed by atoms with van der Waals surface area (Å²) in [6.45, 7) is 4.21. The molecular formula is C24H20N2O7S2. The van der Waals surface area contributed by atoms with Gasteiger partial charge in [-0.2, -0.15) is 0 Å². The van der Waals surface area contributed by atoms with E-state index in [4.69, 9.17) is 14.2 Å². The summed E-state index contributed by atoms with van der Waals surface area (Å²) in [5.41, 5.74) is 0.825. The number of allylic oxidation sites excluding steroid dienone is 1. The van der Waals surface area contributed by atoms with Gasteiger partial charge in [-0.1, -0.05) is 17.4 Å². The summed E-state index contributed by atoms with van der Waals surface area (Å²) >= 11 is 2.56. The van der Waals surface area contributed by atoms with Crippen molar-refractivity contribution in [3.05, 3.63) is 77.1 Å². The summed E-state index contributed by atoms with van der Waals surface area (Å²) in [7, 11) is 1.29. The van der Waals surface area contributed by atoms with E-state index in [1.54, 1.807) is 19.1 Å². The van der Waals surface area contributed by atoms with E-state index in [0.717, 1.165) is 16.2 Å². The Morgan fingerprint density at radius 1 is 1.11 bits per heavy atom. The third-order valence-electron chi connectivity index (χ3n) is 5.03. The number of nitrogens with zero attached hydrogens (tertiary/aromatic N) is 2. The number of esters is 3. The van der Waals surface area contributed by atoms with E-state index in [0.29, 0.717) is 26.2 Å². The normalized spacial score (nSPS) is 15.3. The molecular weight excluding hydrogens is 492 g/mol. The first-order valence-electron chi connectivity index (χ1n) is 10.3. The number of fused-ring (bicyclic) bond motifs is 1. The molecule has 0 saturated heterocycles. The Kier molecular flexibility index (Phi) is 6.81. The second-order valence-electron chi connectivity index (χ2n) is 7.48. The van der Waals surface area contributed by atoms with Gasteiger partial charge in [-0.3, -0.25) is 19.0 Å². The Morgan fingerprint density at radius 3 is 2.49 bits per heavy atom. The highest BCUT2D eigenvalue weighted by atomic mass is 32.1. The van der Waals surface area contributed by atoms with Crippen LogP contribution in [0.3, 0.4) is 0 Å². The van der Waals surface area contributed by atoms with Crippen molar-refractivity contribution in [1.82, 2.24) is 4.57 Å². The van der Waals surface area contributed by atoms with Gasteiger partial charge in [0, 0.05) is 30.4 Å². The zero-order valence-corrected chi connectivity index (χ0v) is 20.8. The maximum absolute atomic E-state index is 13.6. The fraction of sp³-hybridized carbons (Fsp3) is 0.208. The number of hydrogen-bond donors (Lipinski definition) is 0. The molecule has 2 aromatic heterocycles. The van der Waals surface area contributed by atoms with Crippen molar-refractivity contribution in [2.45, 2.75) is 26.8 Å². The molecule has 0 radical (unpaired) electrons. The third-order valence-corrected chi connectivity index (χ3v) is 6.93. The van der Waals surface area contributed by atoms with Crippen molar-refractivity contribution in [3.63, 3.8) is 0 Å². The van der Waals surface area contributed by atoms with E-state index in [1.807, 2.05) is 17.5 Å². The van der Waals surface area contributed by atoms with Crippen molar-refractivity contribution in [2.75, 3.05) is 7.11 Å². The maximum Gasteiger partial charge on any atom is 0.338 e. The number of ether oxygens (including phenoxy) is 3. The van der Waals surface area contributed by atoms with Crippen LogP contribution in [0.5, 0.6) is 11.5 Å². The van der Waals surface area contributed by atoms with Gasteiger partial charge in [0.05, 0.1) is 22.9 Å². The molecule has 0 spiro atoms. The third kappa shape index (κ3) is 4.86. The quantitative estimate of drug-likeness (QED) is 0.381. The molecule has 1 aliphatic heterocycles. The van der Waals surface area contributed by atoms with Crippen molar-refractivity contribution in [2.24, 2.45) is 4.99 Å². The van der Waals surface area contributed by atoms with Crippen LogP contribution in [0.15, 0.2) is 56.8 Å². The molecule has 11 heteroatoms. The van der Waals surface area contributed by atoms with Crippen LogP contribution in [-0.4, -0.2) is 29.6 Å². The van der Waals surface area contributed by atoms with Crippen molar-refractivity contribution in [3.8, 4) is 11.5 Å². The van der Waals surface area contributed by atoms with Crippen molar-refractivity contribution < 1.29 is 28.6 Å². The minimum Gasteiger partial charge on any atom is -0.466 e. The van der Waals surface area contributed by atoms with E-state index < -0.39 is 23.9 Å². The summed E-state index contributed by atoms with van der Waals surface area (Å²) in [6.07, 6.45) is 1.57. The molecule has 1 aromatic carbocycles. The highest BCUT2D eigenvalue weighted by Crippen LogP contribution is 2.33. The molecule has 0 saturated carbocycles. The molecule has 0 aliphatic carbocycles. The second kappa shape index (κ2) is 9.80. The van der Waals surface area contributed by atoms with E-state index in [9.17, 15) is 19.2 Å². The van der Waals surface area contributed by atoms with Crippen molar-refractivity contribution in [1.29, 1.82) is 0 Å². The monoisotopic (exact) mass is 512 g/mol. The van der Waals surface area contributed by atoms with Gasteiger partial charge in [0.2, 0.25) is 0 Å². The standard InChI is InChI=1S/C24H20N2O7S2/c1-12-20(23(30)31-4)21(18-6-5-9-34-18)26-22(29)19(35-24(26)25-12)10-15-7-8-16(32-13(2)27)11-17(15)33-14(3)28/h5-11,21H,1-4H3/b19-10-/t21-/m0/s1. The van der Waals surface area contributed by atoms with Crippen LogP contribution >= 0.6 is 22.7 Å². The zero-order chi connectivity index (χ0) is 25.3. The minimum absolute atomic E-state index is 0.128. The Morgan fingerprint density at radius 2 is 1.86 bits per heavy atom. The Balaban J connectivity index is 1.91. The fourth-order valence-electron chi connectivity index (χ4n) is 3.66. The fourth-order valence-corrected chi connectivity index (χ4v) is 5.52. The Hall–Kier alpha value is -3.83. The predicted molar refractivity (Wildman–Crippen MR) is 129 cm³/mol. The SMILES string of the molecule is COC(=O)C1=C(C)N=c2s/c(=C\c3ccc(OC(C)=O)cc3OC(C)=O)c(=O)n2[C@H]1c1cccs1. The van der Waals surface area contributed by atoms with Gasteiger partial charge < -0.3 is 14.2 Å². The zero-order valence-electron chi connectivity index (χ0n) is 19.2. The first-order chi connectivity index (χ1) is 16.7. The van der Waals surface area contributed by atoms with E-state index in [-0.39, 0.29) is 17.1 Å². The van der Waals surface area contributed by atoms with Gasteiger partial charge in [0.25, 0.3) is 5.56 Å². The number of aromatic nitrogens is 1. The molecule has 1 aliphatic rings. The van der Waals surface area contributed by atoms with Gasteiger partial charge in [-0.05, 0) is 36.6 Å². The lowest BCUT2D eigenvalue weighted by molar-refractivity contribution is -0.137. The lowest BCUT2D eigenvalue weighted by Gasteiger charge is -2.22. The molecule has 35 heavy (non-hydrogen) atoms. The minimum atomic E-state index is -0.680. The van der Waals surface area contributed by atoms with Crippen molar-refractivity contribution >= 4 is 46.7 Å². The number of carbonyl (C=O) groups excluding carboxylic acids is 3. The second-order valence-corrected chi connectivity index (χ2v) is 9.46. The van der Waals surface area contributed by atoms with Gasteiger partial charge in [0.1, 0.15) is 17.5 Å². The molecule has 4 rings (SSSR count). The number of carbonyl (C=O) groups is 3. The number of hydrogen-bond acceptors (Lipinski definition) is 10. The summed E-state index contributed by atoms with van der Waals surface area (Å²) in [5.74, 6) is -1.33. The summed E-state index contributed by atoms with van der Waals surface area (Å²) in [4.78, 5) is 54.9. The van der Waals surface area contributed by atoms with Gasteiger partial charge >= 0.3 is 17.9 Å². The summed E-state index contributed by atoms with van der Waals surface area (Å²) < 4.78 is 17.1. The highest BCUT2D eigenvalue weighted by molar-refractivity contribution is 7.10. The number of methoxy groups -OCH3 is 1. The van der Waals surface area contributed by atoms with Crippen LogP contribution < -0.4 is 24.4 Å². The molecule has 0 N–H and O–H groups in total. The molecule has 180 valence electrons. The molecule has 0 fully saturated rings. The van der Waals surface area contributed by atoms with Crippen LogP contribution in [0.2, 0.25) is 0 Å². The molecule has 0 unspecified atom stereocenters. The number of benzene rings is 1. The van der Waals surface area contributed by atoms with Gasteiger partial charge in [0.15, 0.2) is 4.80 Å². The highest BCUT2D eigenvalue weighted by Gasteiger charge is 2.33. The van der Waals surface area contributed by atoms with E-state index in [1.165, 1.54) is 49.0 Å². The van der Waals surface area contributed by atoms with Gasteiger partial charge in [-0.25, -0.2) is 9.79 Å². The van der Waals surface area contributed by atoms with Crippen LogP contribution in [0.1, 0.15) is 37.3 Å². The first kappa shape index (κ1) is 24.3. The lowest BCUT2D eigenvalue weighted by Crippen LogP contribution is -2.39. The summed E-state index contributed by atoms with van der Waals surface area (Å²) in [6, 6.07) is 7.53. The van der Waals surface area contributed by atoms with E-state index in [2.05, 4.69) is 4.99 Å². The van der Waals surface area contributed by atoms with Gasteiger partial charge in [-0.15, -0.1) is 11.3 Å². The molecule has 0 amide bonds. The molecule has 3 heterocycles. The molecule has 0 bridgehead atoms. The smallest absolute Gasteiger partial charge is 0.338 e.